The van der Waals surface area contributed by atoms with Crippen molar-refractivity contribution in [1.82, 2.24) is 4.72 Å². The average molecular weight is 248 g/mol. The highest BCUT2D eigenvalue weighted by Gasteiger charge is 2.19. The van der Waals surface area contributed by atoms with Gasteiger partial charge in [0.15, 0.2) is 0 Å². The molecule has 0 amide bonds. The van der Waals surface area contributed by atoms with E-state index in [1.807, 2.05) is 20.8 Å². The van der Waals surface area contributed by atoms with E-state index in [2.05, 4.69) is 4.72 Å². The molecule has 0 fully saturated rings. The first kappa shape index (κ1) is 12.5. The molecular weight excluding hydrogens is 232 g/mol. The zero-order chi connectivity index (χ0) is 11.7. The number of sulfonamides is 1. The number of nitrogens with one attached hydrogen (secondary N) is 1. The van der Waals surface area contributed by atoms with E-state index in [1.165, 1.54) is 6.07 Å². The summed E-state index contributed by atoms with van der Waals surface area (Å²) in [6.07, 6.45) is 0. The Labute approximate surface area is 94.5 Å². The maximum atomic E-state index is 11.7. The lowest BCUT2D eigenvalue weighted by Gasteiger charge is -2.18. The molecule has 1 heterocycles. The predicted molar refractivity (Wildman–Crippen MR) is 63.4 cm³/mol. The minimum atomic E-state index is -3.38. The molecule has 0 spiro atoms. The van der Waals surface area contributed by atoms with Gasteiger partial charge < -0.3 is 5.73 Å². The molecule has 0 aliphatic heterocycles. The van der Waals surface area contributed by atoms with Crippen molar-refractivity contribution in [2.24, 2.45) is 5.41 Å². The van der Waals surface area contributed by atoms with E-state index in [0.717, 1.165) is 11.3 Å². The van der Waals surface area contributed by atoms with Gasteiger partial charge in [0.25, 0.3) is 0 Å². The van der Waals surface area contributed by atoms with E-state index in [-0.39, 0.29) is 9.62 Å². The van der Waals surface area contributed by atoms with Gasteiger partial charge in [0.2, 0.25) is 10.0 Å². The maximum Gasteiger partial charge on any atom is 0.250 e. The van der Waals surface area contributed by atoms with Gasteiger partial charge in [-0.1, -0.05) is 20.8 Å². The zero-order valence-electron chi connectivity index (χ0n) is 9.07. The second-order valence-corrected chi connectivity index (χ2v) is 7.49. The lowest BCUT2D eigenvalue weighted by Crippen LogP contribution is -2.31. The Morgan fingerprint density at radius 1 is 1.47 bits per heavy atom. The minimum absolute atomic E-state index is 0.0735. The number of hydrogen-bond donors (Lipinski definition) is 2. The molecule has 1 aromatic heterocycles. The summed E-state index contributed by atoms with van der Waals surface area (Å²) in [5.74, 6) is 0. The first-order chi connectivity index (χ1) is 6.71. The molecule has 0 atom stereocenters. The molecule has 0 aromatic carbocycles. The standard InChI is InChI=1S/C9H16N2O2S2/c1-9(2,3)6-11-15(12,13)8-4-7(10)5-14-8/h4-5,11H,6,10H2,1-3H3. The van der Waals surface area contributed by atoms with Gasteiger partial charge in [-0.25, -0.2) is 13.1 Å². The van der Waals surface area contributed by atoms with E-state index in [9.17, 15) is 8.42 Å². The largest absolute Gasteiger partial charge is 0.398 e. The molecule has 0 aliphatic carbocycles. The van der Waals surface area contributed by atoms with Crippen LogP contribution in [0.15, 0.2) is 15.7 Å². The fraction of sp³-hybridized carbons (Fsp3) is 0.556. The Balaban J connectivity index is 2.77. The van der Waals surface area contributed by atoms with Crippen LogP contribution in [0, 0.1) is 5.41 Å². The molecule has 0 saturated heterocycles. The maximum absolute atomic E-state index is 11.7. The van der Waals surface area contributed by atoms with Crippen LogP contribution < -0.4 is 10.5 Å². The van der Waals surface area contributed by atoms with Crippen molar-refractivity contribution < 1.29 is 8.42 Å². The van der Waals surface area contributed by atoms with Crippen LogP contribution in [0.3, 0.4) is 0 Å². The number of nitrogens with two attached hydrogens (primary N) is 1. The molecule has 4 nitrogen and oxygen atoms in total. The number of hydrogen-bond acceptors (Lipinski definition) is 4. The molecule has 0 saturated carbocycles. The number of rotatable bonds is 3. The Bertz CT molecular complexity index is 429. The first-order valence-electron chi connectivity index (χ1n) is 4.54. The molecule has 3 N–H and O–H groups in total. The van der Waals surface area contributed by atoms with Gasteiger partial charge in [-0.2, -0.15) is 0 Å². The summed E-state index contributed by atoms with van der Waals surface area (Å²) < 4.78 is 26.3. The summed E-state index contributed by atoms with van der Waals surface area (Å²) in [6, 6.07) is 1.47. The van der Waals surface area contributed by atoms with Crippen molar-refractivity contribution in [3.05, 3.63) is 11.4 Å². The smallest absolute Gasteiger partial charge is 0.250 e. The van der Waals surface area contributed by atoms with Crippen LogP contribution in [0.4, 0.5) is 5.69 Å². The summed E-state index contributed by atoms with van der Waals surface area (Å²) in [5.41, 5.74) is 5.88. The fourth-order valence-corrected chi connectivity index (χ4v) is 3.26. The van der Waals surface area contributed by atoms with Crippen molar-refractivity contribution in [1.29, 1.82) is 0 Å². The lowest BCUT2D eigenvalue weighted by atomic mass is 9.98. The van der Waals surface area contributed by atoms with E-state index >= 15 is 0 Å². The Kier molecular flexibility index (Phi) is 3.42. The summed E-state index contributed by atoms with van der Waals surface area (Å²) in [4.78, 5) is 0. The predicted octanol–water partition coefficient (Wildman–Crippen LogP) is 1.65. The molecular formula is C9H16N2O2S2. The fourth-order valence-electron chi connectivity index (χ4n) is 0.854. The minimum Gasteiger partial charge on any atom is -0.398 e. The third kappa shape index (κ3) is 3.81. The number of nitrogen functional groups attached to an aromatic ring is 1. The Hall–Kier alpha value is -0.590. The second kappa shape index (κ2) is 4.11. The number of thiophene rings is 1. The van der Waals surface area contributed by atoms with Crippen molar-refractivity contribution >= 4 is 27.0 Å². The van der Waals surface area contributed by atoms with E-state index in [4.69, 9.17) is 5.73 Å². The lowest BCUT2D eigenvalue weighted by molar-refractivity contribution is 0.408. The monoisotopic (exact) mass is 248 g/mol. The van der Waals surface area contributed by atoms with Gasteiger partial charge >= 0.3 is 0 Å². The summed E-state index contributed by atoms with van der Waals surface area (Å²) in [7, 11) is -3.38. The van der Waals surface area contributed by atoms with Crippen molar-refractivity contribution in [2.45, 2.75) is 25.0 Å². The van der Waals surface area contributed by atoms with E-state index < -0.39 is 10.0 Å². The van der Waals surface area contributed by atoms with Crippen LogP contribution in [-0.4, -0.2) is 15.0 Å². The first-order valence-corrected chi connectivity index (χ1v) is 6.91. The van der Waals surface area contributed by atoms with Gasteiger partial charge in [0.1, 0.15) is 4.21 Å². The molecule has 0 bridgehead atoms. The van der Waals surface area contributed by atoms with Crippen molar-refractivity contribution in [3.8, 4) is 0 Å². The molecule has 6 heteroatoms. The van der Waals surface area contributed by atoms with Gasteiger partial charge in [-0.3, -0.25) is 0 Å². The molecule has 0 radical (unpaired) electrons. The highest BCUT2D eigenvalue weighted by atomic mass is 32.2. The molecule has 86 valence electrons. The van der Waals surface area contributed by atoms with Crippen LogP contribution in [0.5, 0.6) is 0 Å². The topological polar surface area (TPSA) is 72.2 Å². The van der Waals surface area contributed by atoms with E-state index in [0.29, 0.717) is 12.2 Å². The SMILES string of the molecule is CC(C)(C)CNS(=O)(=O)c1cc(N)cs1. The van der Waals surface area contributed by atoms with Crippen LogP contribution in [0.2, 0.25) is 0 Å². The Morgan fingerprint density at radius 3 is 2.47 bits per heavy atom. The Morgan fingerprint density at radius 2 is 2.07 bits per heavy atom. The molecule has 1 aromatic rings. The number of anilines is 1. The molecule has 15 heavy (non-hydrogen) atoms. The van der Waals surface area contributed by atoms with Gasteiger partial charge in [0.05, 0.1) is 0 Å². The van der Waals surface area contributed by atoms with Crippen LogP contribution in [-0.2, 0) is 10.0 Å². The normalized spacial score (nSPS) is 13.0. The van der Waals surface area contributed by atoms with Crippen LogP contribution in [0.1, 0.15) is 20.8 Å². The molecule has 0 aliphatic rings. The van der Waals surface area contributed by atoms with Crippen molar-refractivity contribution in [3.63, 3.8) is 0 Å². The van der Waals surface area contributed by atoms with Gasteiger partial charge in [-0.15, -0.1) is 11.3 Å². The van der Waals surface area contributed by atoms with Gasteiger partial charge in [-0.05, 0) is 11.5 Å². The van der Waals surface area contributed by atoms with Crippen LogP contribution in [0.25, 0.3) is 0 Å². The summed E-state index contributed by atoms with van der Waals surface area (Å²) >= 11 is 1.13. The average Bonchev–Trinajstić information content (AvgIpc) is 2.48. The molecule has 0 unspecified atom stereocenters. The second-order valence-electron chi connectivity index (χ2n) is 4.58. The highest BCUT2D eigenvalue weighted by molar-refractivity contribution is 7.91. The zero-order valence-corrected chi connectivity index (χ0v) is 10.7. The molecule has 1 rings (SSSR count). The highest BCUT2D eigenvalue weighted by Crippen LogP contribution is 2.22. The summed E-state index contributed by atoms with van der Waals surface area (Å²) in [6.45, 7) is 6.32. The summed E-state index contributed by atoms with van der Waals surface area (Å²) in [5, 5.41) is 1.62. The third-order valence-corrected chi connectivity index (χ3v) is 4.51. The van der Waals surface area contributed by atoms with Gasteiger partial charge in [0, 0.05) is 17.6 Å². The quantitative estimate of drug-likeness (QED) is 0.854. The van der Waals surface area contributed by atoms with Crippen LogP contribution >= 0.6 is 11.3 Å². The third-order valence-electron chi connectivity index (χ3n) is 1.65. The van der Waals surface area contributed by atoms with E-state index in [1.54, 1.807) is 5.38 Å². The van der Waals surface area contributed by atoms with Crippen molar-refractivity contribution in [2.75, 3.05) is 12.3 Å².